The summed E-state index contributed by atoms with van der Waals surface area (Å²) in [6.45, 7) is 0.850. The van der Waals surface area contributed by atoms with Crippen LogP contribution in [-0.4, -0.2) is 25.0 Å². The number of nitrogens with one attached hydrogen (secondary N) is 2. The summed E-state index contributed by atoms with van der Waals surface area (Å²) in [4.78, 5) is 12.1. The lowest BCUT2D eigenvalue weighted by Crippen LogP contribution is -2.48. The molecule has 0 aliphatic heterocycles. The lowest BCUT2D eigenvalue weighted by molar-refractivity contribution is -0.123. The second-order valence-electron chi connectivity index (χ2n) is 6.22. The van der Waals surface area contributed by atoms with Crippen molar-refractivity contribution in [2.24, 2.45) is 5.92 Å². The van der Waals surface area contributed by atoms with Crippen LogP contribution in [0.25, 0.3) is 0 Å². The minimum Gasteiger partial charge on any atom is -0.356 e. The van der Waals surface area contributed by atoms with E-state index in [1.54, 1.807) is 0 Å². The van der Waals surface area contributed by atoms with Gasteiger partial charge >= 0.3 is 0 Å². The van der Waals surface area contributed by atoms with Crippen LogP contribution in [0.2, 0.25) is 0 Å². The van der Waals surface area contributed by atoms with Crippen LogP contribution in [0.5, 0.6) is 0 Å². The van der Waals surface area contributed by atoms with Crippen LogP contribution in [0.3, 0.4) is 0 Å². The SMILES string of the molecule is CNC1(CC(=O)NCC2CC=CCC2)CCCCC1. The second-order valence-corrected chi connectivity index (χ2v) is 6.22. The van der Waals surface area contributed by atoms with E-state index in [1.165, 1.54) is 32.1 Å². The van der Waals surface area contributed by atoms with Gasteiger partial charge in [-0.05, 0) is 45.1 Å². The number of hydrogen-bond donors (Lipinski definition) is 2. The van der Waals surface area contributed by atoms with Gasteiger partial charge in [-0.2, -0.15) is 0 Å². The maximum atomic E-state index is 12.1. The van der Waals surface area contributed by atoms with Crippen molar-refractivity contribution in [1.82, 2.24) is 10.6 Å². The van der Waals surface area contributed by atoms with Gasteiger partial charge in [0.1, 0.15) is 0 Å². The third-order valence-electron chi connectivity index (χ3n) is 4.81. The first-order chi connectivity index (χ1) is 9.24. The summed E-state index contributed by atoms with van der Waals surface area (Å²) in [5, 5.41) is 6.56. The molecular weight excluding hydrogens is 236 g/mol. The average molecular weight is 264 g/mol. The molecule has 0 bridgehead atoms. The predicted octanol–water partition coefficient (Wildman–Crippen LogP) is 2.77. The molecule has 19 heavy (non-hydrogen) atoms. The standard InChI is InChI=1S/C16H28N2O/c1-17-16(10-6-3-7-11-16)12-15(19)18-13-14-8-4-2-5-9-14/h2,4,14,17H,3,5-13H2,1H3,(H,18,19). The number of carbonyl (C=O) groups is 1. The van der Waals surface area contributed by atoms with E-state index >= 15 is 0 Å². The van der Waals surface area contributed by atoms with Gasteiger partial charge in [-0.3, -0.25) is 4.79 Å². The lowest BCUT2D eigenvalue weighted by Gasteiger charge is -2.36. The normalized spacial score (nSPS) is 26.1. The van der Waals surface area contributed by atoms with Crippen LogP contribution in [-0.2, 0) is 4.79 Å². The second kappa shape index (κ2) is 7.09. The number of amides is 1. The summed E-state index contributed by atoms with van der Waals surface area (Å²) in [6.07, 6.45) is 14.8. The van der Waals surface area contributed by atoms with Crippen LogP contribution in [0.15, 0.2) is 12.2 Å². The first-order valence-electron chi connectivity index (χ1n) is 7.85. The number of carbonyl (C=O) groups excluding carboxylic acids is 1. The molecule has 2 aliphatic carbocycles. The highest BCUT2D eigenvalue weighted by Gasteiger charge is 2.32. The number of rotatable bonds is 5. The van der Waals surface area contributed by atoms with Crippen LogP contribution in [0.1, 0.15) is 57.8 Å². The van der Waals surface area contributed by atoms with Crippen molar-refractivity contribution in [3.8, 4) is 0 Å². The third kappa shape index (κ3) is 4.34. The zero-order valence-electron chi connectivity index (χ0n) is 12.2. The van der Waals surface area contributed by atoms with Crippen LogP contribution in [0.4, 0.5) is 0 Å². The van der Waals surface area contributed by atoms with E-state index in [2.05, 4.69) is 22.8 Å². The average Bonchev–Trinajstić information content (AvgIpc) is 2.47. The summed E-state index contributed by atoms with van der Waals surface area (Å²) >= 11 is 0. The van der Waals surface area contributed by atoms with Gasteiger partial charge in [0.05, 0.1) is 0 Å². The van der Waals surface area contributed by atoms with E-state index in [0.29, 0.717) is 12.3 Å². The van der Waals surface area contributed by atoms with Crippen molar-refractivity contribution >= 4 is 5.91 Å². The molecule has 1 fully saturated rings. The Bertz CT molecular complexity index is 319. The van der Waals surface area contributed by atoms with Gasteiger partial charge in [-0.15, -0.1) is 0 Å². The molecule has 1 amide bonds. The van der Waals surface area contributed by atoms with Gasteiger partial charge < -0.3 is 10.6 Å². The van der Waals surface area contributed by atoms with E-state index in [4.69, 9.17) is 0 Å². The molecule has 1 unspecified atom stereocenters. The number of allylic oxidation sites excluding steroid dienone is 2. The Balaban J connectivity index is 1.74. The highest BCUT2D eigenvalue weighted by Crippen LogP contribution is 2.30. The van der Waals surface area contributed by atoms with Crippen molar-refractivity contribution in [3.63, 3.8) is 0 Å². The van der Waals surface area contributed by atoms with Gasteiger partial charge in [0, 0.05) is 18.5 Å². The van der Waals surface area contributed by atoms with Crippen molar-refractivity contribution in [1.29, 1.82) is 0 Å². The van der Waals surface area contributed by atoms with Gasteiger partial charge in [0.25, 0.3) is 0 Å². The molecule has 2 N–H and O–H groups in total. The summed E-state index contributed by atoms with van der Waals surface area (Å²) < 4.78 is 0. The maximum absolute atomic E-state index is 12.1. The molecular formula is C16H28N2O. The summed E-state index contributed by atoms with van der Waals surface area (Å²) in [5.41, 5.74) is 0.0643. The molecule has 0 aromatic carbocycles. The Morgan fingerprint density at radius 3 is 2.68 bits per heavy atom. The highest BCUT2D eigenvalue weighted by molar-refractivity contribution is 5.77. The Morgan fingerprint density at radius 1 is 1.26 bits per heavy atom. The molecule has 0 heterocycles. The fourth-order valence-electron chi connectivity index (χ4n) is 3.41. The van der Waals surface area contributed by atoms with Crippen molar-refractivity contribution < 1.29 is 4.79 Å². The fourth-order valence-corrected chi connectivity index (χ4v) is 3.41. The first kappa shape index (κ1) is 14.6. The van der Waals surface area contributed by atoms with E-state index in [1.807, 2.05) is 7.05 Å². The van der Waals surface area contributed by atoms with E-state index in [0.717, 1.165) is 25.8 Å². The maximum Gasteiger partial charge on any atom is 0.221 e. The predicted molar refractivity (Wildman–Crippen MR) is 79.0 cm³/mol. The van der Waals surface area contributed by atoms with Crippen LogP contribution in [0, 0.1) is 5.92 Å². The lowest BCUT2D eigenvalue weighted by atomic mass is 9.79. The van der Waals surface area contributed by atoms with Gasteiger partial charge in [-0.25, -0.2) is 0 Å². The molecule has 3 nitrogen and oxygen atoms in total. The zero-order chi connectivity index (χ0) is 13.6. The van der Waals surface area contributed by atoms with E-state index in [-0.39, 0.29) is 11.4 Å². The Morgan fingerprint density at radius 2 is 2.05 bits per heavy atom. The first-order valence-corrected chi connectivity index (χ1v) is 7.85. The minimum atomic E-state index is 0.0643. The van der Waals surface area contributed by atoms with Crippen LogP contribution < -0.4 is 10.6 Å². The topological polar surface area (TPSA) is 41.1 Å². The van der Waals surface area contributed by atoms with Crippen molar-refractivity contribution in [2.75, 3.05) is 13.6 Å². The molecule has 1 saturated carbocycles. The molecule has 1 atom stereocenters. The smallest absolute Gasteiger partial charge is 0.221 e. The molecule has 0 saturated heterocycles. The monoisotopic (exact) mass is 264 g/mol. The molecule has 0 aromatic heterocycles. The van der Waals surface area contributed by atoms with Crippen molar-refractivity contribution in [2.45, 2.75) is 63.3 Å². The molecule has 0 radical (unpaired) electrons. The summed E-state index contributed by atoms with van der Waals surface area (Å²) in [5.74, 6) is 0.872. The van der Waals surface area contributed by atoms with E-state index < -0.39 is 0 Å². The van der Waals surface area contributed by atoms with Crippen LogP contribution >= 0.6 is 0 Å². The van der Waals surface area contributed by atoms with Gasteiger partial charge in [0.15, 0.2) is 0 Å². The Hall–Kier alpha value is -0.830. The van der Waals surface area contributed by atoms with Gasteiger partial charge in [-0.1, -0.05) is 31.4 Å². The molecule has 3 heteroatoms. The van der Waals surface area contributed by atoms with E-state index in [9.17, 15) is 4.79 Å². The quantitative estimate of drug-likeness (QED) is 0.750. The molecule has 0 aromatic rings. The highest BCUT2D eigenvalue weighted by atomic mass is 16.1. The third-order valence-corrected chi connectivity index (χ3v) is 4.81. The zero-order valence-corrected chi connectivity index (χ0v) is 12.2. The molecule has 2 aliphatic rings. The molecule has 2 rings (SSSR count). The summed E-state index contributed by atoms with van der Waals surface area (Å²) in [7, 11) is 2.00. The summed E-state index contributed by atoms with van der Waals surface area (Å²) in [6, 6.07) is 0. The Kier molecular flexibility index (Phi) is 5.44. The Labute approximate surface area is 117 Å². The largest absolute Gasteiger partial charge is 0.356 e. The minimum absolute atomic E-state index is 0.0643. The number of hydrogen-bond acceptors (Lipinski definition) is 2. The van der Waals surface area contributed by atoms with Crippen molar-refractivity contribution in [3.05, 3.63) is 12.2 Å². The molecule has 108 valence electrons. The molecule has 0 spiro atoms. The fraction of sp³-hybridized carbons (Fsp3) is 0.812. The van der Waals surface area contributed by atoms with Gasteiger partial charge in [0.2, 0.25) is 5.91 Å².